The number of hydrogen-bond acceptors (Lipinski definition) is 7. The van der Waals surface area contributed by atoms with Crippen molar-refractivity contribution in [2.75, 3.05) is 16.4 Å². The quantitative estimate of drug-likeness (QED) is 0.107. The topological polar surface area (TPSA) is 118 Å². The fourth-order valence-corrected chi connectivity index (χ4v) is 5.59. The van der Waals surface area contributed by atoms with Gasteiger partial charge in [-0.25, -0.2) is 0 Å². The molecule has 2 heterocycles. The standard InChI is InChI=1S/C35H47N6O2P/c1-24(39-31-21-30(43-41-31)35(2,3)4)38-28-19-17-25(18-20-28)34(44)29-23-37-22-26(33(29)36)13-9-6-5-7-12-16-32(42)40-27-14-10-8-11-15-27/h9,13,17-23,27,38,44H,1,5-8,10-12,14-16H2,2-4H3,(H2,36,37)(H,39,41)(H,40,42)/b13-9+. The van der Waals surface area contributed by atoms with Gasteiger partial charge in [0, 0.05) is 58.4 Å². The van der Waals surface area contributed by atoms with Crippen LogP contribution in [0.15, 0.2) is 65.7 Å². The summed E-state index contributed by atoms with van der Waals surface area (Å²) in [5.41, 5.74) is 10.7. The molecule has 5 N–H and O–H groups in total. The Kier molecular flexibility index (Phi) is 11.8. The molecule has 0 atom stereocenters. The van der Waals surface area contributed by atoms with Crippen LogP contribution in [0.4, 0.5) is 17.2 Å². The predicted molar refractivity (Wildman–Crippen MR) is 185 cm³/mol. The summed E-state index contributed by atoms with van der Waals surface area (Å²) in [7, 11) is 3.80. The zero-order valence-corrected chi connectivity index (χ0v) is 27.3. The second-order valence-corrected chi connectivity index (χ2v) is 13.1. The number of unbranched alkanes of at least 4 members (excludes halogenated alkanes) is 3. The van der Waals surface area contributed by atoms with Crippen molar-refractivity contribution in [1.82, 2.24) is 15.5 Å². The first-order valence-electron chi connectivity index (χ1n) is 15.7. The molecule has 44 heavy (non-hydrogen) atoms. The van der Waals surface area contributed by atoms with Gasteiger partial charge in [0.05, 0.1) is 5.69 Å². The summed E-state index contributed by atoms with van der Waals surface area (Å²) in [6.07, 6.45) is 18.3. The van der Waals surface area contributed by atoms with Crippen LogP contribution < -0.4 is 21.7 Å². The number of nitrogens with zero attached hydrogens (tertiary/aromatic N) is 2. The lowest BCUT2D eigenvalue weighted by Gasteiger charge is -2.22. The molecule has 8 nitrogen and oxygen atoms in total. The Morgan fingerprint density at radius 2 is 1.84 bits per heavy atom. The van der Waals surface area contributed by atoms with E-state index >= 15 is 0 Å². The lowest BCUT2D eigenvalue weighted by atomic mass is 9.93. The van der Waals surface area contributed by atoms with Crippen molar-refractivity contribution >= 4 is 43.3 Å². The van der Waals surface area contributed by atoms with Gasteiger partial charge in [0.25, 0.3) is 0 Å². The van der Waals surface area contributed by atoms with Crippen LogP contribution in [0.1, 0.15) is 107 Å². The summed E-state index contributed by atoms with van der Waals surface area (Å²) < 4.78 is 5.43. The number of benzene rings is 1. The number of hydrogen-bond donors (Lipinski definition) is 4. The fourth-order valence-electron chi connectivity index (χ4n) is 5.22. The van der Waals surface area contributed by atoms with Gasteiger partial charge < -0.3 is 26.2 Å². The molecule has 1 aliphatic rings. The number of anilines is 3. The maximum absolute atomic E-state index is 12.2. The Morgan fingerprint density at radius 1 is 1.09 bits per heavy atom. The normalized spacial score (nSPS) is 14.0. The molecule has 2 aromatic heterocycles. The van der Waals surface area contributed by atoms with Crippen molar-refractivity contribution in [2.24, 2.45) is 0 Å². The molecule has 9 heteroatoms. The molecule has 4 rings (SSSR count). The van der Waals surface area contributed by atoms with Gasteiger partial charge in [-0.3, -0.25) is 9.78 Å². The van der Waals surface area contributed by atoms with Crippen LogP contribution in [0, 0.1) is 0 Å². The van der Waals surface area contributed by atoms with Crippen LogP contribution in [0.2, 0.25) is 0 Å². The molecular formula is C35H47N6O2P. The summed E-state index contributed by atoms with van der Waals surface area (Å²) in [6, 6.07) is 10.2. The van der Waals surface area contributed by atoms with Crippen molar-refractivity contribution in [2.45, 2.75) is 96.4 Å². The lowest BCUT2D eigenvalue weighted by molar-refractivity contribution is -0.122. The van der Waals surface area contributed by atoms with E-state index in [-0.39, 0.29) is 11.3 Å². The molecule has 1 aliphatic carbocycles. The van der Waals surface area contributed by atoms with Crippen LogP contribution in [-0.2, 0) is 10.2 Å². The van der Waals surface area contributed by atoms with Crippen LogP contribution in [-0.4, -0.2) is 27.4 Å². The SMILES string of the molecule is C=C(Nc1ccc(C(=P)c2cncc(/C=C/CCCCCC(=O)NC3CCCCC3)c2N)cc1)Nc1cc(C(C)(C)C)on1. The van der Waals surface area contributed by atoms with E-state index in [1.165, 1.54) is 19.3 Å². The number of aromatic nitrogens is 2. The number of nitrogen functional groups attached to an aromatic ring is 1. The molecule has 0 radical (unpaired) electrons. The summed E-state index contributed by atoms with van der Waals surface area (Å²) in [5.74, 6) is 2.19. The molecular weight excluding hydrogens is 567 g/mol. The molecule has 0 saturated heterocycles. The Balaban J connectivity index is 1.22. The summed E-state index contributed by atoms with van der Waals surface area (Å²) in [4.78, 5) is 16.6. The van der Waals surface area contributed by atoms with Crippen LogP contribution >= 0.6 is 8.86 Å². The summed E-state index contributed by atoms with van der Waals surface area (Å²) >= 11 is 0. The molecule has 0 spiro atoms. The number of carbonyl (C=O) groups excluding carboxylic acids is 1. The van der Waals surface area contributed by atoms with E-state index in [0.717, 1.165) is 72.0 Å². The minimum Gasteiger partial charge on any atom is -0.398 e. The molecule has 234 valence electrons. The van der Waals surface area contributed by atoms with E-state index in [4.69, 9.17) is 10.3 Å². The zero-order valence-electron chi connectivity index (χ0n) is 26.3. The summed E-state index contributed by atoms with van der Waals surface area (Å²) in [5, 5.41) is 14.5. The van der Waals surface area contributed by atoms with E-state index in [1.54, 1.807) is 12.4 Å². The first-order chi connectivity index (χ1) is 21.1. The third kappa shape index (κ3) is 9.81. The highest BCUT2D eigenvalue weighted by Crippen LogP contribution is 2.26. The number of amides is 1. The number of pyridine rings is 1. The van der Waals surface area contributed by atoms with Gasteiger partial charge in [-0.05, 0) is 49.8 Å². The number of carbonyl (C=O) groups is 1. The summed E-state index contributed by atoms with van der Waals surface area (Å²) in [6.45, 7) is 10.3. The lowest BCUT2D eigenvalue weighted by Crippen LogP contribution is -2.35. The van der Waals surface area contributed by atoms with E-state index in [1.807, 2.05) is 36.4 Å². The molecule has 3 aromatic rings. The van der Waals surface area contributed by atoms with Gasteiger partial charge in [0.2, 0.25) is 5.91 Å². The predicted octanol–water partition coefficient (Wildman–Crippen LogP) is 8.07. The van der Waals surface area contributed by atoms with Gasteiger partial charge in [-0.2, -0.15) is 0 Å². The Morgan fingerprint density at radius 3 is 2.55 bits per heavy atom. The molecule has 0 bridgehead atoms. The number of nitrogens with one attached hydrogen (secondary N) is 3. The number of allylic oxidation sites excluding steroid dienone is 1. The Labute approximate surface area is 264 Å². The monoisotopic (exact) mass is 614 g/mol. The highest BCUT2D eigenvalue weighted by molar-refractivity contribution is 7.23. The molecule has 1 saturated carbocycles. The van der Waals surface area contributed by atoms with Crippen molar-refractivity contribution in [3.8, 4) is 0 Å². The third-order valence-electron chi connectivity index (χ3n) is 7.83. The van der Waals surface area contributed by atoms with E-state index in [0.29, 0.717) is 29.8 Å². The highest BCUT2D eigenvalue weighted by Gasteiger charge is 2.20. The van der Waals surface area contributed by atoms with Crippen molar-refractivity contribution in [1.29, 1.82) is 0 Å². The zero-order chi connectivity index (χ0) is 31.5. The van der Waals surface area contributed by atoms with Gasteiger partial charge in [-0.1, -0.05) is 82.5 Å². The average molecular weight is 615 g/mol. The number of nitrogens with two attached hydrogens (primary N) is 1. The first-order valence-corrected chi connectivity index (χ1v) is 16.2. The second-order valence-electron chi connectivity index (χ2n) is 12.6. The fraction of sp³-hybridized carbons (Fsp3) is 0.429. The van der Waals surface area contributed by atoms with Crippen LogP contribution in [0.3, 0.4) is 0 Å². The van der Waals surface area contributed by atoms with Gasteiger partial charge >= 0.3 is 0 Å². The van der Waals surface area contributed by atoms with Gasteiger partial charge in [0.1, 0.15) is 11.6 Å². The van der Waals surface area contributed by atoms with E-state index < -0.39 is 0 Å². The first kappa shape index (κ1) is 33.0. The minimum atomic E-state index is -0.120. The molecule has 0 unspecified atom stereocenters. The van der Waals surface area contributed by atoms with E-state index in [9.17, 15) is 4.79 Å². The maximum atomic E-state index is 12.2. The van der Waals surface area contributed by atoms with Gasteiger partial charge in [-0.15, -0.1) is 8.86 Å². The van der Waals surface area contributed by atoms with Crippen LogP contribution in [0.25, 0.3) is 6.08 Å². The maximum Gasteiger partial charge on any atom is 0.220 e. The second kappa shape index (κ2) is 15.7. The molecule has 1 aromatic carbocycles. The average Bonchev–Trinajstić information content (AvgIpc) is 3.47. The minimum absolute atomic E-state index is 0.120. The largest absolute Gasteiger partial charge is 0.398 e. The van der Waals surface area contributed by atoms with Crippen LogP contribution in [0.5, 0.6) is 0 Å². The Hall–Kier alpha value is -3.90. The van der Waals surface area contributed by atoms with Crippen molar-refractivity contribution in [3.05, 3.63) is 83.7 Å². The highest BCUT2D eigenvalue weighted by atomic mass is 31.0. The smallest absolute Gasteiger partial charge is 0.220 e. The number of rotatable bonds is 14. The molecule has 1 amide bonds. The van der Waals surface area contributed by atoms with Gasteiger partial charge in [0.15, 0.2) is 5.82 Å². The van der Waals surface area contributed by atoms with Crippen molar-refractivity contribution < 1.29 is 9.32 Å². The van der Waals surface area contributed by atoms with E-state index in [2.05, 4.69) is 68.4 Å². The molecule has 0 aliphatic heterocycles. The van der Waals surface area contributed by atoms with Crippen molar-refractivity contribution in [3.63, 3.8) is 0 Å². The Bertz CT molecular complexity index is 1450. The third-order valence-corrected chi connectivity index (χ3v) is 8.39. The molecule has 1 fully saturated rings.